The van der Waals surface area contributed by atoms with Crippen molar-refractivity contribution in [1.29, 1.82) is 0 Å². The Morgan fingerprint density at radius 3 is 2.81 bits per heavy atom. The van der Waals surface area contributed by atoms with Gasteiger partial charge in [-0.05, 0) is 45.1 Å². The van der Waals surface area contributed by atoms with Gasteiger partial charge in [0.1, 0.15) is 11.6 Å². The van der Waals surface area contributed by atoms with Crippen LogP contribution >= 0.6 is 0 Å². The number of halogens is 1. The Balaban J connectivity index is 1.89. The molecule has 1 aromatic carbocycles. The SMILES string of the molecule is COC(=O)N1c2c(F)cc(-c3cn[nH]c3)c(OC3CCC3)c2CCC1C. The molecule has 6 nitrogen and oxygen atoms in total. The monoisotopic (exact) mass is 359 g/mol. The number of fused-ring (bicyclic) bond motifs is 1. The third-order valence-electron chi connectivity index (χ3n) is 5.31. The molecular formula is C19H22FN3O3. The number of nitrogens with zero attached hydrogens (tertiary/aromatic N) is 2. The van der Waals surface area contributed by atoms with Gasteiger partial charge in [0.2, 0.25) is 0 Å². The van der Waals surface area contributed by atoms with Gasteiger partial charge in [-0.3, -0.25) is 10.00 Å². The van der Waals surface area contributed by atoms with Crippen molar-refractivity contribution < 1.29 is 18.7 Å². The topological polar surface area (TPSA) is 67.5 Å². The molecule has 0 radical (unpaired) electrons. The Bertz CT molecular complexity index is 818. The van der Waals surface area contributed by atoms with Gasteiger partial charge < -0.3 is 9.47 Å². The van der Waals surface area contributed by atoms with Gasteiger partial charge >= 0.3 is 6.09 Å². The summed E-state index contributed by atoms with van der Waals surface area (Å²) in [4.78, 5) is 13.7. The van der Waals surface area contributed by atoms with E-state index >= 15 is 4.39 Å². The first-order valence-electron chi connectivity index (χ1n) is 8.98. The number of benzene rings is 1. The molecule has 7 heteroatoms. The lowest BCUT2D eigenvalue weighted by Crippen LogP contribution is -2.43. The van der Waals surface area contributed by atoms with Crippen LogP contribution < -0.4 is 9.64 Å². The molecule has 2 aliphatic rings. The number of ether oxygens (including phenoxy) is 2. The molecule has 0 spiro atoms. The first kappa shape index (κ1) is 16.9. The van der Waals surface area contributed by atoms with E-state index in [0.717, 1.165) is 36.8 Å². The van der Waals surface area contributed by atoms with Crippen molar-refractivity contribution >= 4 is 11.8 Å². The predicted molar refractivity (Wildman–Crippen MR) is 94.9 cm³/mol. The van der Waals surface area contributed by atoms with E-state index in [4.69, 9.17) is 9.47 Å². The number of carbonyl (C=O) groups excluding carboxylic acids is 1. The van der Waals surface area contributed by atoms with Gasteiger partial charge in [0.25, 0.3) is 0 Å². The van der Waals surface area contributed by atoms with E-state index in [9.17, 15) is 4.79 Å². The number of carbonyl (C=O) groups is 1. The maximum absolute atomic E-state index is 15.1. The number of nitrogens with one attached hydrogen (secondary N) is 1. The molecule has 0 bridgehead atoms. The molecule has 1 N–H and O–H groups in total. The zero-order chi connectivity index (χ0) is 18.3. The number of aromatic amines is 1. The molecule has 1 atom stereocenters. The summed E-state index contributed by atoms with van der Waals surface area (Å²) in [6.07, 6.45) is 7.45. The Kier molecular flexibility index (Phi) is 4.30. The van der Waals surface area contributed by atoms with E-state index in [0.29, 0.717) is 17.7 Å². The van der Waals surface area contributed by atoms with Gasteiger partial charge in [0, 0.05) is 28.9 Å². The summed E-state index contributed by atoms with van der Waals surface area (Å²) in [5, 5.41) is 6.74. The Morgan fingerprint density at radius 1 is 1.38 bits per heavy atom. The third kappa shape index (κ3) is 2.71. The van der Waals surface area contributed by atoms with Crippen molar-refractivity contribution in [2.24, 2.45) is 0 Å². The molecule has 2 aromatic rings. The number of anilines is 1. The lowest BCUT2D eigenvalue weighted by Gasteiger charge is -2.37. The van der Waals surface area contributed by atoms with E-state index < -0.39 is 11.9 Å². The summed E-state index contributed by atoms with van der Waals surface area (Å²) in [7, 11) is 1.31. The molecule has 2 heterocycles. The van der Waals surface area contributed by atoms with E-state index in [1.807, 2.05) is 6.92 Å². The maximum atomic E-state index is 15.1. The minimum Gasteiger partial charge on any atom is -0.489 e. The minimum absolute atomic E-state index is 0.138. The average molecular weight is 359 g/mol. The summed E-state index contributed by atoms with van der Waals surface area (Å²) < 4.78 is 26.3. The first-order chi connectivity index (χ1) is 12.6. The Morgan fingerprint density at radius 2 is 2.19 bits per heavy atom. The summed E-state index contributed by atoms with van der Waals surface area (Å²) in [5.41, 5.74) is 2.44. The molecule has 1 amide bonds. The fraction of sp³-hybridized carbons (Fsp3) is 0.474. The normalized spacial score (nSPS) is 19.7. The molecule has 138 valence electrons. The van der Waals surface area contributed by atoms with Crippen LogP contribution in [0.2, 0.25) is 0 Å². The van der Waals surface area contributed by atoms with E-state index in [-0.39, 0.29) is 17.8 Å². The summed E-state index contributed by atoms with van der Waals surface area (Å²) in [6.45, 7) is 1.90. The molecule has 0 saturated heterocycles. The van der Waals surface area contributed by atoms with Crippen LogP contribution in [-0.2, 0) is 11.2 Å². The Hall–Kier alpha value is -2.57. The molecule has 1 aromatic heterocycles. The maximum Gasteiger partial charge on any atom is 0.414 e. The van der Waals surface area contributed by atoms with Gasteiger partial charge in [-0.25, -0.2) is 9.18 Å². The lowest BCUT2D eigenvalue weighted by atomic mass is 9.91. The van der Waals surface area contributed by atoms with Crippen LogP contribution in [0.1, 0.15) is 38.2 Å². The largest absolute Gasteiger partial charge is 0.489 e. The number of H-pyrrole nitrogens is 1. The standard InChI is InChI=1S/C19H22FN3O3/c1-11-6-7-14-17(23(11)19(24)25-2)16(20)8-15(12-9-21-22-10-12)18(14)26-13-4-3-5-13/h8-11,13H,3-7H2,1-2H3,(H,21,22). The van der Waals surface area contributed by atoms with Crippen molar-refractivity contribution in [3.05, 3.63) is 29.8 Å². The Labute approximate surface area is 151 Å². The van der Waals surface area contributed by atoms with Crippen molar-refractivity contribution in [3.63, 3.8) is 0 Å². The van der Waals surface area contributed by atoms with Crippen molar-refractivity contribution in [3.8, 4) is 16.9 Å². The summed E-state index contributed by atoms with van der Waals surface area (Å²) in [6, 6.07) is 1.30. The molecule has 1 fully saturated rings. The number of hydrogen-bond donors (Lipinski definition) is 1. The van der Waals surface area contributed by atoms with Gasteiger partial charge in [-0.15, -0.1) is 0 Å². The fourth-order valence-electron chi connectivity index (χ4n) is 3.64. The van der Waals surface area contributed by atoms with E-state index in [2.05, 4.69) is 10.2 Å². The molecule has 1 saturated carbocycles. The van der Waals surface area contributed by atoms with Crippen LogP contribution in [-0.4, -0.2) is 35.5 Å². The van der Waals surface area contributed by atoms with Crippen LogP contribution in [0.15, 0.2) is 18.5 Å². The number of hydrogen-bond acceptors (Lipinski definition) is 4. The smallest absolute Gasteiger partial charge is 0.414 e. The minimum atomic E-state index is -0.553. The second-order valence-electron chi connectivity index (χ2n) is 6.95. The van der Waals surface area contributed by atoms with Crippen molar-refractivity contribution in [2.75, 3.05) is 12.0 Å². The first-order valence-corrected chi connectivity index (χ1v) is 8.98. The fourth-order valence-corrected chi connectivity index (χ4v) is 3.64. The van der Waals surface area contributed by atoms with Gasteiger partial charge in [0.15, 0.2) is 0 Å². The van der Waals surface area contributed by atoms with Crippen LogP contribution in [0.4, 0.5) is 14.9 Å². The quantitative estimate of drug-likeness (QED) is 0.898. The number of aromatic nitrogens is 2. The number of amides is 1. The summed E-state index contributed by atoms with van der Waals surface area (Å²) in [5.74, 6) is 0.211. The third-order valence-corrected chi connectivity index (χ3v) is 5.31. The zero-order valence-corrected chi connectivity index (χ0v) is 14.9. The zero-order valence-electron chi connectivity index (χ0n) is 14.9. The van der Waals surface area contributed by atoms with Crippen LogP contribution in [0.25, 0.3) is 11.1 Å². The van der Waals surface area contributed by atoms with Gasteiger partial charge in [-0.1, -0.05) is 0 Å². The second-order valence-corrected chi connectivity index (χ2v) is 6.95. The van der Waals surface area contributed by atoms with Gasteiger partial charge in [0.05, 0.1) is 25.1 Å². The second kappa shape index (κ2) is 6.63. The molecule has 1 aliphatic heterocycles. The van der Waals surface area contributed by atoms with Crippen LogP contribution in [0.3, 0.4) is 0 Å². The van der Waals surface area contributed by atoms with Gasteiger partial charge in [-0.2, -0.15) is 5.10 Å². The predicted octanol–water partition coefficient (Wildman–Crippen LogP) is 4.05. The van der Waals surface area contributed by atoms with Crippen LogP contribution in [0.5, 0.6) is 5.75 Å². The summed E-state index contributed by atoms with van der Waals surface area (Å²) >= 11 is 0. The van der Waals surface area contributed by atoms with Crippen molar-refractivity contribution in [1.82, 2.24) is 10.2 Å². The molecule has 4 rings (SSSR count). The molecule has 1 unspecified atom stereocenters. The van der Waals surface area contributed by atoms with E-state index in [1.54, 1.807) is 12.4 Å². The van der Waals surface area contributed by atoms with Crippen LogP contribution in [0, 0.1) is 5.82 Å². The van der Waals surface area contributed by atoms with E-state index in [1.165, 1.54) is 18.1 Å². The van der Waals surface area contributed by atoms with Crippen molar-refractivity contribution in [2.45, 2.75) is 51.2 Å². The highest BCUT2D eigenvalue weighted by atomic mass is 19.1. The number of rotatable bonds is 3. The lowest BCUT2D eigenvalue weighted by molar-refractivity contribution is 0.119. The molecule has 26 heavy (non-hydrogen) atoms. The highest BCUT2D eigenvalue weighted by molar-refractivity contribution is 5.92. The number of methoxy groups -OCH3 is 1. The highest BCUT2D eigenvalue weighted by Gasteiger charge is 2.36. The highest BCUT2D eigenvalue weighted by Crippen LogP contribution is 2.46. The molecule has 1 aliphatic carbocycles. The molecular weight excluding hydrogens is 337 g/mol. The average Bonchev–Trinajstić information content (AvgIpc) is 3.13.